The number of hydrogen-bond donors (Lipinski definition) is 2. The van der Waals surface area contributed by atoms with Gasteiger partial charge in [0.1, 0.15) is 42.2 Å². The Morgan fingerprint density at radius 3 is 2.21 bits per heavy atom. The number of aliphatic hydroxyl groups is 2. The van der Waals surface area contributed by atoms with Crippen LogP contribution in [0.15, 0.2) is 48.1 Å². The molecule has 13 nitrogen and oxygen atoms in total. The van der Waals surface area contributed by atoms with Crippen LogP contribution in [0.4, 0.5) is 0 Å². The molecule has 1 saturated heterocycles. The van der Waals surface area contributed by atoms with Crippen molar-refractivity contribution in [1.82, 2.24) is 0 Å². The van der Waals surface area contributed by atoms with E-state index in [9.17, 15) is 34.2 Å². The van der Waals surface area contributed by atoms with Crippen molar-refractivity contribution in [1.29, 1.82) is 0 Å². The second-order valence-electron chi connectivity index (χ2n) is 13.2. The number of aliphatic hydroxyl groups excluding tert-OH is 1. The number of carbonyl (C=O) groups is 5. The first-order valence-electron chi connectivity index (χ1n) is 15.8. The standard InChI is InChI=1S/C35H44O13/c1-8-20(2)31(41)44-19-32(5)27-28(40)30(47-25(38)15-14-23-12-10-9-11-13-23)34(7)24(46-26(39)18-43-21(3)36)16-17-33(6,42)35(34,48-32)29(27)45-22(4)37/h8-15,24,27-30,40,42H,16-19H2,1-7H3/b15-14+,20-8+/t24-,27+,28-,29+,30-,32?,33-,34-,35-/m0/s1. The minimum atomic E-state index is -2.01. The average Bonchev–Trinajstić information content (AvgIpc) is 3.26. The number of rotatable bonds is 10. The zero-order valence-electron chi connectivity index (χ0n) is 28.2. The Labute approximate surface area is 279 Å². The molecule has 2 bridgehead atoms. The molecular formula is C35H44O13. The number of carbonyl (C=O) groups excluding carboxylic acids is 5. The molecule has 4 rings (SSSR count). The summed E-state index contributed by atoms with van der Waals surface area (Å²) in [5.41, 5.74) is -6.30. The van der Waals surface area contributed by atoms with Gasteiger partial charge in [-0.3, -0.25) is 9.59 Å². The number of esters is 5. The summed E-state index contributed by atoms with van der Waals surface area (Å²) in [4.78, 5) is 63.3. The lowest BCUT2D eigenvalue weighted by molar-refractivity contribution is -0.339. The van der Waals surface area contributed by atoms with Crippen molar-refractivity contribution >= 4 is 35.9 Å². The Kier molecular flexibility index (Phi) is 10.6. The van der Waals surface area contributed by atoms with Gasteiger partial charge in [-0.25, -0.2) is 14.4 Å². The Morgan fingerprint density at radius 2 is 1.60 bits per heavy atom. The third-order valence-electron chi connectivity index (χ3n) is 9.92. The zero-order chi connectivity index (χ0) is 35.7. The van der Waals surface area contributed by atoms with Crippen LogP contribution in [0, 0.1) is 11.3 Å². The molecule has 13 heteroatoms. The molecule has 3 aliphatic rings. The fraction of sp³-hybridized carbons (Fsp3) is 0.571. The van der Waals surface area contributed by atoms with Crippen molar-refractivity contribution in [2.24, 2.45) is 11.3 Å². The first kappa shape index (κ1) is 36.8. The summed E-state index contributed by atoms with van der Waals surface area (Å²) >= 11 is 0. The van der Waals surface area contributed by atoms with Gasteiger partial charge in [-0.05, 0) is 59.1 Å². The van der Waals surface area contributed by atoms with Gasteiger partial charge in [-0.1, -0.05) is 36.4 Å². The van der Waals surface area contributed by atoms with Crippen LogP contribution >= 0.6 is 0 Å². The van der Waals surface area contributed by atoms with Crippen molar-refractivity contribution in [3.05, 3.63) is 53.6 Å². The molecule has 2 saturated carbocycles. The van der Waals surface area contributed by atoms with Crippen LogP contribution in [0.1, 0.15) is 66.9 Å². The van der Waals surface area contributed by atoms with Crippen LogP contribution in [0.5, 0.6) is 0 Å². The summed E-state index contributed by atoms with van der Waals surface area (Å²) < 4.78 is 35.0. The lowest BCUT2D eigenvalue weighted by Crippen LogP contribution is -2.81. The number of fused-ring (bicyclic) bond motifs is 1. The van der Waals surface area contributed by atoms with Crippen molar-refractivity contribution in [2.45, 2.75) is 103 Å². The van der Waals surface area contributed by atoms with Gasteiger partial charge < -0.3 is 38.6 Å². The van der Waals surface area contributed by atoms with Crippen LogP contribution in [0.25, 0.3) is 6.08 Å². The quantitative estimate of drug-likeness (QED) is 0.211. The van der Waals surface area contributed by atoms with E-state index in [0.29, 0.717) is 11.1 Å². The molecule has 2 N–H and O–H groups in total. The van der Waals surface area contributed by atoms with E-state index in [4.69, 9.17) is 28.4 Å². The van der Waals surface area contributed by atoms with Crippen molar-refractivity contribution in [3.63, 3.8) is 0 Å². The molecule has 2 aliphatic carbocycles. The summed E-state index contributed by atoms with van der Waals surface area (Å²) in [6, 6.07) is 8.93. The molecule has 1 unspecified atom stereocenters. The van der Waals surface area contributed by atoms with E-state index < -0.39 is 95.6 Å². The van der Waals surface area contributed by atoms with Crippen LogP contribution in [0.2, 0.25) is 0 Å². The summed E-state index contributed by atoms with van der Waals surface area (Å²) in [6.07, 6.45) is -1.66. The smallest absolute Gasteiger partial charge is 0.344 e. The maximum absolute atomic E-state index is 13.4. The lowest BCUT2D eigenvalue weighted by Gasteiger charge is -2.64. The molecule has 1 aliphatic heterocycles. The highest BCUT2D eigenvalue weighted by molar-refractivity contribution is 5.88. The summed E-state index contributed by atoms with van der Waals surface area (Å²) in [7, 11) is 0. The van der Waals surface area contributed by atoms with Gasteiger partial charge in [0.2, 0.25) is 0 Å². The van der Waals surface area contributed by atoms with Gasteiger partial charge in [0, 0.05) is 25.5 Å². The second kappa shape index (κ2) is 13.8. The monoisotopic (exact) mass is 672 g/mol. The van der Waals surface area contributed by atoms with Crippen molar-refractivity contribution < 1.29 is 62.6 Å². The largest absolute Gasteiger partial charge is 0.459 e. The van der Waals surface area contributed by atoms with Crippen molar-refractivity contribution in [3.8, 4) is 0 Å². The Balaban J connectivity index is 1.88. The lowest BCUT2D eigenvalue weighted by atomic mass is 9.47. The Morgan fingerprint density at radius 1 is 0.938 bits per heavy atom. The van der Waals surface area contributed by atoms with Gasteiger partial charge in [-0.15, -0.1) is 0 Å². The highest BCUT2D eigenvalue weighted by Crippen LogP contribution is 2.68. The van der Waals surface area contributed by atoms with E-state index in [1.54, 1.807) is 44.2 Å². The highest BCUT2D eigenvalue weighted by Gasteiger charge is 2.85. The fourth-order valence-electron chi connectivity index (χ4n) is 7.62. The molecule has 0 aromatic heterocycles. The van der Waals surface area contributed by atoms with E-state index in [0.717, 1.165) is 13.8 Å². The molecule has 1 aromatic carbocycles. The summed E-state index contributed by atoms with van der Waals surface area (Å²) in [5, 5.41) is 24.5. The highest BCUT2D eigenvalue weighted by atomic mass is 16.6. The van der Waals surface area contributed by atoms with Crippen molar-refractivity contribution in [2.75, 3.05) is 13.2 Å². The van der Waals surface area contributed by atoms with Crippen LogP contribution in [0.3, 0.4) is 0 Å². The molecule has 1 aromatic rings. The van der Waals surface area contributed by atoms with Crippen LogP contribution in [-0.2, 0) is 52.4 Å². The van der Waals surface area contributed by atoms with Crippen LogP contribution in [-0.4, -0.2) is 94.5 Å². The average molecular weight is 673 g/mol. The Bertz CT molecular complexity index is 1480. The fourth-order valence-corrected chi connectivity index (χ4v) is 7.62. The van der Waals surface area contributed by atoms with E-state index in [-0.39, 0.29) is 12.8 Å². The van der Waals surface area contributed by atoms with Gasteiger partial charge in [0.05, 0.1) is 16.9 Å². The third-order valence-corrected chi connectivity index (χ3v) is 9.92. The van der Waals surface area contributed by atoms with Gasteiger partial charge in [0.15, 0.2) is 6.61 Å². The first-order valence-corrected chi connectivity index (χ1v) is 15.8. The number of allylic oxidation sites excluding steroid dienone is 1. The van der Waals surface area contributed by atoms with Gasteiger partial charge in [-0.2, -0.15) is 0 Å². The van der Waals surface area contributed by atoms with Gasteiger partial charge in [0.25, 0.3) is 0 Å². The molecule has 262 valence electrons. The SMILES string of the molecule is C/C=C(\C)C(=O)OCC1(C)O[C@]23[C@H](OC(C)=O)[C@H]1[C@H](O)[C@H](OC(=O)/C=C/c1ccccc1)[C@]2(C)[C@@H](OC(=O)COC(C)=O)CC[C@]3(C)O. The number of benzene rings is 1. The number of ether oxygens (including phenoxy) is 6. The predicted octanol–water partition coefficient (Wildman–Crippen LogP) is 2.60. The van der Waals surface area contributed by atoms with Gasteiger partial charge >= 0.3 is 29.8 Å². The molecule has 9 atom stereocenters. The maximum Gasteiger partial charge on any atom is 0.344 e. The predicted molar refractivity (Wildman–Crippen MR) is 167 cm³/mol. The molecule has 3 fully saturated rings. The summed E-state index contributed by atoms with van der Waals surface area (Å²) in [6.45, 7) is 8.84. The summed E-state index contributed by atoms with van der Waals surface area (Å²) in [5.74, 6) is -5.17. The van der Waals surface area contributed by atoms with E-state index in [1.165, 1.54) is 32.9 Å². The normalized spacial score (nSPS) is 35.7. The molecule has 0 radical (unpaired) electrons. The van der Waals surface area contributed by atoms with Crippen LogP contribution < -0.4 is 0 Å². The minimum absolute atomic E-state index is 0.00923. The maximum atomic E-state index is 13.4. The van der Waals surface area contributed by atoms with E-state index >= 15 is 0 Å². The molecule has 48 heavy (non-hydrogen) atoms. The topological polar surface area (TPSA) is 181 Å². The number of hydrogen-bond acceptors (Lipinski definition) is 13. The minimum Gasteiger partial charge on any atom is -0.459 e. The molecular weight excluding hydrogens is 628 g/mol. The third kappa shape index (κ3) is 6.50. The van der Waals surface area contributed by atoms with E-state index in [1.807, 2.05) is 6.07 Å². The van der Waals surface area contributed by atoms with E-state index in [2.05, 4.69) is 0 Å². The Hall–Kier alpha value is -4.07. The molecule has 1 heterocycles. The zero-order valence-corrected chi connectivity index (χ0v) is 28.2. The molecule has 0 amide bonds. The molecule has 1 spiro atoms. The second-order valence-corrected chi connectivity index (χ2v) is 13.2. The first-order chi connectivity index (χ1) is 22.4.